The second-order valence-corrected chi connectivity index (χ2v) is 7.78. The number of nitrogens with zero attached hydrogens (tertiary/aromatic N) is 1. The van der Waals surface area contributed by atoms with Gasteiger partial charge in [-0.1, -0.05) is 54.6 Å². The summed E-state index contributed by atoms with van der Waals surface area (Å²) >= 11 is 0. The average molecular weight is 466 g/mol. The van der Waals surface area contributed by atoms with E-state index in [9.17, 15) is 14.4 Å². The van der Waals surface area contributed by atoms with Gasteiger partial charge in [-0.3, -0.25) is 9.59 Å². The highest BCUT2D eigenvalue weighted by Crippen LogP contribution is 2.18. The molecular formula is C28H23N3O4. The van der Waals surface area contributed by atoms with Crippen LogP contribution in [0.2, 0.25) is 0 Å². The maximum Gasteiger partial charge on any atom is 0.343 e. The fraction of sp³-hybridized carbons (Fsp3) is 0.0714. The number of hydrogen-bond donors (Lipinski definition) is 2. The minimum atomic E-state index is -0.460. The second-order valence-electron chi connectivity index (χ2n) is 7.78. The predicted octanol–water partition coefficient (Wildman–Crippen LogP) is 4.25. The van der Waals surface area contributed by atoms with Crippen LogP contribution in [0, 0.1) is 6.92 Å². The fourth-order valence-electron chi connectivity index (χ4n) is 3.48. The number of hydrogen-bond acceptors (Lipinski definition) is 5. The first kappa shape index (κ1) is 23.4. The topological polar surface area (TPSA) is 96.9 Å². The Morgan fingerprint density at radius 2 is 1.51 bits per heavy atom. The number of carbonyl (C=O) groups excluding carboxylic acids is 3. The highest BCUT2D eigenvalue weighted by atomic mass is 16.5. The highest BCUT2D eigenvalue weighted by molar-refractivity contribution is 6.07. The molecule has 0 aliphatic carbocycles. The third-order valence-electron chi connectivity index (χ3n) is 5.30. The molecule has 0 spiro atoms. The fourth-order valence-corrected chi connectivity index (χ4v) is 3.48. The Balaban J connectivity index is 1.26. The molecule has 4 aromatic rings. The van der Waals surface area contributed by atoms with E-state index in [0.717, 1.165) is 16.3 Å². The molecule has 0 aromatic heterocycles. The van der Waals surface area contributed by atoms with Crippen LogP contribution in [0.15, 0.2) is 96.1 Å². The zero-order valence-corrected chi connectivity index (χ0v) is 19.0. The average Bonchev–Trinajstić information content (AvgIpc) is 2.88. The first-order valence-corrected chi connectivity index (χ1v) is 11.0. The highest BCUT2D eigenvalue weighted by Gasteiger charge is 2.12. The zero-order valence-electron chi connectivity index (χ0n) is 19.0. The molecule has 0 aliphatic heterocycles. The predicted molar refractivity (Wildman–Crippen MR) is 135 cm³/mol. The van der Waals surface area contributed by atoms with Crippen LogP contribution in [-0.4, -0.2) is 30.5 Å². The van der Waals surface area contributed by atoms with Crippen molar-refractivity contribution in [3.63, 3.8) is 0 Å². The van der Waals surface area contributed by atoms with Gasteiger partial charge in [-0.05, 0) is 65.2 Å². The number of hydrazone groups is 1. The summed E-state index contributed by atoms with van der Waals surface area (Å²) in [6.07, 6.45) is 1.46. The van der Waals surface area contributed by atoms with Crippen LogP contribution >= 0.6 is 0 Å². The molecule has 0 fully saturated rings. The van der Waals surface area contributed by atoms with E-state index in [1.54, 1.807) is 48.5 Å². The van der Waals surface area contributed by atoms with E-state index in [1.807, 2.05) is 49.4 Å². The van der Waals surface area contributed by atoms with Crippen LogP contribution < -0.4 is 15.5 Å². The number of benzene rings is 4. The zero-order chi connectivity index (χ0) is 24.6. The number of aryl methyl sites for hydroxylation is 1. The minimum absolute atomic E-state index is 0.215. The molecule has 0 aliphatic rings. The number of rotatable bonds is 7. The monoisotopic (exact) mass is 465 g/mol. The summed E-state index contributed by atoms with van der Waals surface area (Å²) in [5.41, 5.74) is 4.92. The Bertz CT molecular complexity index is 1410. The Hall–Kier alpha value is -4.78. The van der Waals surface area contributed by atoms with Crippen molar-refractivity contribution in [2.75, 3.05) is 6.54 Å². The van der Waals surface area contributed by atoms with E-state index in [2.05, 4.69) is 15.8 Å². The maximum absolute atomic E-state index is 12.5. The number of fused-ring (bicyclic) bond motifs is 1. The molecule has 0 bridgehead atoms. The first-order valence-electron chi connectivity index (χ1n) is 11.0. The van der Waals surface area contributed by atoms with Crippen molar-refractivity contribution in [1.82, 2.24) is 10.7 Å². The molecule has 35 heavy (non-hydrogen) atoms. The standard InChI is InChI=1S/C28H23N3O4/c1-19-7-2-4-10-23(19)28(34)35-22-15-13-20(14-16-22)17-30-31-26(32)18-29-27(33)25-12-6-9-21-8-3-5-11-24(21)25/h2-17H,18H2,1H3,(H,29,33)(H,31,32)/b30-17+. The molecule has 2 amide bonds. The largest absolute Gasteiger partial charge is 0.423 e. The first-order chi connectivity index (χ1) is 17.0. The third-order valence-corrected chi connectivity index (χ3v) is 5.30. The van der Waals surface area contributed by atoms with Crippen LogP contribution in [0.3, 0.4) is 0 Å². The van der Waals surface area contributed by atoms with Crippen LogP contribution in [-0.2, 0) is 4.79 Å². The number of nitrogens with one attached hydrogen (secondary N) is 2. The van der Waals surface area contributed by atoms with Crippen molar-refractivity contribution >= 4 is 34.8 Å². The number of amides is 2. The molecule has 0 heterocycles. The number of esters is 1. The summed E-state index contributed by atoms with van der Waals surface area (Å²) in [4.78, 5) is 36.9. The lowest BCUT2D eigenvalue weighted by Crippen LogP contribution is -2.35. The van der Waals surface area contributed by atoms with Crippen LogP contribution in [0.5, 0.6) is 5.75 Å². The lowest BCUT2D eigenvalue weighted by molar-refractivity contribution is -0.120. The van der Waals surface area contributed by atoms with Gasteiger partial charge in [-0.2, -0.15) is 5.10 Å². The quantitative estimate of drug-likeness (QED) is 0.185. The van der Waals surface area contributed by atoms with Gasteiger partial charge in [0.1, 0.15) is 5.75 Å². The van der Waals surface area contributed by atoms with Crippen molar-refractivity contribution in [3.05, 3.63) is 113 Å². The maximum atomic E-state index is 12.5. The summed E-state index contributed by atoms with van der Waals surface area (Å²) in [6.45, 7) is 1.63. The second kappa shape index (κ2) is 10.9. The van der Waals surface area contributed by atoms with E-state index >= 15 is 0 Å². The molecule has 0 saturated heterocycles. The van der Waals surface area contributed by atoms with E-state index < -0.39 is 11.9 Å². The van der Waals surface area contributed by atoms with Gasteiger partial charge in [-0.25, -0.2) is 10.2 Å². The van der Waals surface area contributed by atoms with Gasteiger partial charge in [0.25, 0.3) is 11.8 Å². The smallest absolute Gasteiger partial charge is 0.343 e. The van der Waals surface area contributed by atoms with Crippen LogP contribution in [0.1, 0.15) is 31.8 Å². The number of carbonyl (C=O) groups is 3. The molecular weight excluding hydrogens is 442 g/mol. The van der Waals surface area contributed by atoms with E-state index in [4.69, 9.17) is 4.74 Å². The van der Waals surface area contributed by atoms with E-state index in [-0.39, 0.29) is 12.5 Å². The van der Waals surface area contributed by atoms with Crippen molar-refractivity contribution in [2.45, 2.75) is 6.92 Å². The summed E-state index contributed by atoms with van der Waals surface area (Å²) < 4.78 is 5.40. The molecule has 174 valence electrons. The Morgan fingerprint density at radius 1 is 0.829 bits per heavy atom. The summed E-state index contributed by atoms with van der Waals surface area (Å²) in [6, 6.07) is 26.9. The van der Waals surface area contributed by atoms with Gasteiger partial charge in [0.05, 0.1) is 18.3 Å². The summed E-state index contributed by atoms with van der Waals surface area (Å²) in [5, 5.41) is 8.29. The van der Waals surface area contributed by atoms with Gasteiger partial charge in [0.2, 0.25) is 0 Å². The van der Waals surface area contributed by atoms with Crippen molar-refractivity contribution in [3.8, 4) is 5.75 Å². The third kappa shape index (κ3) is 5.97. The Labute approximate surface area is 202 Å². The van der Waals surface area contributed by atoms with Crippen molar-refractivity contribution in [1.29, 1.82) is 0 Å². The SMILES string of the molecule is Cc1ccccc1C(=O)Oc1ccc(/C=N/NC(=O)CNC(=O)c2cccc3ccccc23)cc1. The molecule has 0 atom stereocenters. The molecule has 2 N–H and O–H groups in total. The summed E-state index contributed by atoms with van der Waals surface area (Å²) in [5.74, 6) is -0.826. The van der Waals surface area contributed by atoms with E-state index in [1.165, 1.54) is 6.21 Å². The normalized spacial score (nSPS) is 10.8. The number of ether oxygens (including phenoxy) is 1. The molecule has 4 rings (SSSR count). The van der Waals surface area contributed by atoms with Gasteiger partial charge in [0, 0.05) is 5.56 Å². The minimum Gasteiger partial charge on any atom is -0.423 e. The van der Waals surface area contributed by atoms with Crippen LogP contribution in [0.4, 0.5) is 0 Å². The van der Waals surface area contributed by atoms with Gasteiger partial charge < -0.3 is 10.1 Å². The van der Waals surface area contributed by atoms with Crippen molar-refractivity contribution in [2.24, 2.45) is 5.10 Å². The molecule has 0 unspecified atom stereocenters. The van der Waals surface area contributed by atoms with Gasteiger partial charge in [0.15, 0.2) is 0 Å². The molecule has 0 saturated carbocycles. The van der Waals surface area contributed by atoms with E-state index in [0.29, 0.717) is 22.4 Å². The molecule has 7 heteroatoms. The summed E-state index contributed by atoms with van der Waals surface area (Å²) in [7, 11) is 0. The van der Waals surface area contributed by atoms with Crippen molar-refractivity contribution < 1.29 is 19.1 Å². The van der Waals surface area contributed by atoms with Gasteiger partial charge in [-0.15, -0.1) is 0 Å². The van der Waals surface area contributed by atoms with Gasteiger partial charge >= 0.3 is 5.97 Å². The molecule has 4 aromatic carbocycles. The lowest BCUT2D eigenvalue weighted by Gasteiger charge is -2.07. The molecule has 7 nitrogen and oxygen atoms in total. The Morgan fingerprint density at radius 3 is 2.31 bits per heavy atom. The lowest BCUT2D eigenvalue weighted by atomic mass is 10.0. The van der Waals surface area contributed by atoms with Crippen LogP contribution in [0.25, 0.3) is 10.8 Å². The molecule has 0 radical (unpaired) electrons. The Kier molecular flexibility index (Phi) is 7.28.